The highest BCUT2D eigenvalue weighted by Crippen LogP contribution is 2.38. The number of aryl methyl sites for hydroxylation is 1. The van der Waals surface area contributed by atoms with Gasteiger partial charge in [0.25, 0.3) is 0 Å². The summed E-state index contributed by atoms with van der Waals surface area (Å²) >= 11 is 0. The van der Waals surface area contributed by atoms with Crippen LogP contribution in [0, 0.1) is 6.92 Å². The Morgan fingerprint density at radius 2 is 1.66 bits per heavy atom. The van der Waals surface area contributed by atoms with Gasteiger partial charge in [-0.25, -0.2) is 0 Å². The summed E-state index contributed by atoms with van der Waals surface area (Å²) in [7, 11) is 4.78. The molecule has 0 aliphatic carbocycles. The standard InChI is InChI=1S/C26H24O6/c1-16-11-20(31-15-18-7-5-6-8-21(18)29-3)14-23-25(16)26(27)24(32-23)12-17-9-10-19(28-2)13-22(17)30-4/h5-14H,15H2,1-4H3/b24-12-. The molecule has 4 rings (SSSR count). The first kappa shape index (κ1) is 21.3. The Kier molecular flexibility index (Phi) is 6.03. The van der Waals surface area contributed by atoms with Crippen molar-refractivity contribution in [2.24, 2.45) is 0 Å². The van der Waals surface area contributed by atoms with Crippen molar-refractivity contribution >= 4 is 11.9 Å². The molecular formula is C26H24O6. The predicted molar refractivity (Wildman–Crippen MR) is 121 cm³/mol. The normalized spacial score (nSPS) is 13.5. The van der Waals surface area contributed by atoms with Gasteiger partial charge >= 0.3 is 0 Å². The van der Waals surface area contributed by atoms with Gasteiger partial charge in [-0.3, -0.25) is 4.79 Å². The molecule has 0 fully saturated rings. The number of rotatable bonds is 7. The zero-order chi connectivity index (χ0) is 22.7. The maximum atomic E-state index is 13.0. The van der Waals surface area contributed by atoms with E-state index in [-0.39, 0.29) is 11.5 Å². The van der Waals surface area contributed by atoms with E-state index in [0.717, 1.165) is 22.4 Å². The summed E-state index contributed by atoms with van der Waals surface area (Å²) in [5.74, 6) is 3.16. The molecule has 3 aromatic carbocycles. The van der Waals surface area contributed by atoms with E-state index in [1.807, 2.05) is 43.3 Å². The number of hydrogen-bond donors (Lipinski definition) is 0. The lowest BCUT2D eigenvalue weighted by Crippen LogP contribution is -2.01. The van der Waals surface area contributed by atoms with Crippen molar-refractivity contribution in [3.63, 3.8) is 0 Å². The van der Waals surface area contributed by atoms with Crippen LogP contribution in [-0.4, -0.2) is 27.1 Å². The quantitative estimate of drug-likeness (QED) is 0.477. The second-order valence-corrected chi connectivity index (χ2v) is 7.26. The van der Waals surface area contributed by atoms with Gasteiger partial charge in [-0.2, -0.15) is 0 Å². The molecule has 0 saturated heterocycles. The number of carbonyl (C=O) groups is 1. The Morgan fingerprint density at radius 3 is 2.41 bits per heavy atom. The van der Waals surface area contributed by atoms with Gasteiger partial charge in [0.1, 0.15) is 35.4 Å². The van der Waals surface area contributed by atoms with Crippen molar-refractivity contribution in [2.75, 3.05) is 21.3 Å². The van der Waals surface area contributed by atoms with E-state index in [2.05, 4.69) is 0 Å². The maximum absolute atomic E-state index is 13.0. The van der Waals surface area contributed by atoms with Gasteiger partial charge in [-0.05, 0) is 42.8 Å². The van der Waals surface area contributed by atoms with Crippen LogP contribution in [0.1, 0.15) is 27.0 Å². The molecular weight excluding hydrogens is 408 g/mol. The van der Waals surface area contributed by atoms with Crippen molar-refractivity contribution in [1.82, 2.24) is 0 Å². The van der Waals surface area contributed by atoms with Gasteiger partial charge < -0.3 is 23.7 Å². The van der Waals surface area contributed by atoms with Gasteiger partial charge in [0.15, 0.2) is 5.76 Å². The highest BCUT2D eigenvalue weighted by molar-refractivity contribution is 6.15. The first-order chi connectivity index (χ1) is 15.5. The smallest absolute Gasteiger partial charge is 0.232 e. The Bertz CT molecular complexity index is 1190. The molecule has 0 saturated carbocycles. The molecule has 3 aromatic rings. The monoisotopic (exact) mass is 432 g/mol. The third-order valence-electron chi connectivity index (χ3n) is 5.26. The number of allylic oxidation sites excluding steroid dienone is 1. The zero-order valence-corrected chi connectivity index (χ0v) is 18.4. The summed E-state index contributed by atoms with van der Waals surface area (Å²) in [5.41, 5.74) is 2.97. The molecule has 0 spiro atoms. The summed E-state index contributed by atoms with van der Waals surface area (Å²) in [4.78, 5) is 13.0. The fraction of sp³-hybridized carbons (Fsp3) is 0.192. The van der Waals surface area contributed by atoms with Crippen LogP contribution in [0.2, 0.25) is 0 Å². The molecule has 164 valence electrons. The summed E-state index contributed by atoms with van der Waals surface area (Å²) in [6.07, 6.45) is 1.68. The number of Topliss-reactive ketones (excluding diaryl/α,β-unsaturated/α-hetero) is 1. The van der Waals surface area contributed by atoms with E-state index in [1.165, 1.54) is 0 Å². The van der Waals surface area contributed by atoms with E-state index in [1.54, 1.807) is 45.6 Å². The number of methoxy groups -OCH3 is 3. The Morgan fingerprint density at radius 1 is 0.875 bits per heavy atom. The molecule has 1 aliphatic heterocycles. The minimum Gasteiger partial charge on any atom is -0.497 e. The fourth-order valence-corrected chi connectivity index (χ4v) is 3.62. The number of fused-ring (bicyclic) bond motifs is 1. The molecule has 6 heteroatoms. The van der Waals surface area contributed by atoms with Crippen LogP contribution in [0.15, 0.2) is 60.4 Å². The van der Waals surface area contributed by atoms with Gasteiger partial charge in [-0.1, -0.05) is 18.2 Å². The number of hydrogen-bond acceptors (Lipinski definition) is 6. The van der Waals surface area contributed by atoms with Crippen molar-refractivity contribution in [3.05, 3.63) is 82.6 Å². The lowest BCUT2D eigenvalue weighted by molar-refractivity contribution is 0.101. The van der Waals surface area contributed by atoms with E-state index >= 15 is 0 Å². The minimum absolute atomic E-state index is 0.174. The lowest BCUT2D eigenvalue weighted by atomic mass is 10.0. The fourth-order valence-electron chi connectivity index (χ4n) is 3.62. The molecule has 0 N–H and O–H groups in total. The molecule has 0 atom stereocenters. The number of ketones is 1. The van der Waals surface area contributed by atoms with Gasteiger partial charge in [0, 0.05) is 23.3 Å². The zero-order valence-electron chi connectivity index (χ0n) is 18.4. The molecule has 32 heavy (non-hydrogen) atoms. The second-order valence-electron chi connectivity index (χ2n) is 7.26. The molecule has 0 amide bonds. The van der Waals surface area contributed by atoms with Crippen LogP contribution in [-0.2, 0) is 6.61 Å². The van der Waals surface area contributed by atoms with E-state index in [9.17, 15) is 4.79 Å². The highest BCUT2D eigenvalue weighted by Gasteiger charge is 2.30. The van der Waals surface area contributed by atoms with Crippen molar-refractivity contribution in [1.29, 1.82) is 0 Å². The molecule has 0 unspecified atom stereocenters. The molecule has 0 bridgehead atoms. The number of benzene rings is 3. The number of ether oxygens (including phenoxy) is 5. The molecule has 1 aliphatic rings. The molecule has 0 radical (unpaired) electrons. The second kappa shape index (κ2) is 9.06. The summed E-state index contributed by atoms with van der Waals surface area (Å²) in [6, 6.07) is 16.6. The largest absolute Gasteiger partial charge is 0.497 e. The lowest BCUT2D eigenvalue weighted by Gasteiger charge is -2.11. The SMILES string of the molecule is COc1ccc(/C=C2\Oc3cc(OCc4ccccc4OC)cc(C)c3C2=O)c(OC)c1. The number of para-hydroxylation sites is 1. The van der Waals surface area contributed by atoms with Crippen molar-refractivity contribution < 1.29 is 28.5 Å². The van der Waals surface area contributed by atoms with Crippen LogP contribution in [0.25, 0.3) is 6.08 Å². The number of carbonyl (C=O) groups excluding carboxylic acids is 1. The third kappa shape index (κ3) is 4.12. The average molecular weight is 432 g/mol. The Balaban J connectivity index is 1.59. The summed E-state index contributed by atoms with van der Waals surface area (Å²) in [6.45, 7) is 2.20. The molecule has 6 nitrogen and oxygen atoms in total. The topological polar surface area (TPSA) is 63.2 Å². The first-order valence-electron chi connectivity index (χ1n) is 10.1. The van der Waals surface area contributed by atoms with Gasteiger partial charge in [0.05, 0.1) is 26.9 Å². The van der Waals surface area contributed by atoms with Crippen LogP contribution < -0.4 is 23.7 Å². The molecule has 0 aromatic heterocycles. The van der Waals surface area contributed by atoms with Gasteiger partial charge in [0.2, 0.25) is 5.78 Å². The average Bonchev–Trinajstić information content (AvgIpc) is 3.13. The molecule has 1 heterocycles. The summed E-state index contributed by atoms with van der Waals surface area (Å²) < 4.78 is 27.9. The Labute approximate surface area is 186 Å². The van der Waals surface area contributed by atoms with E-state index in [4.69, 9.17) is 23.7 Å². The Hall–Kier alpha value is -3.93. The van der Waals surface area contributed by atoms with Crippen molar-refractivity contribution in [3.8, 4) is 28.7 Å². The van der Waals surface area contributed by atoms with E-state index in [0.29, 0.717) is 35.2 Å². The predicted octanol–water partition coefficient (Wildman–Crippen LogP) is 5.22. The first-order valence-corrected chi connectivity index (χ1v) is 10.1. The van der Waals surface area contributed by atoms with Gasteiger partial charge in [-0.15, -0.1) is 0 Å². The van der Waals surface area contributed by atoms with E-state index < -0.39 is 0 Å². The summed E-state index contributed by atoms with van der Waals surface area (Å²) in [5, 5.41) is 0. The van der Waals surface area contributed by atoms with Crippen molar-refractivity contribution in [2.45, 2.75) is 13.5 Å². The minimum atomic E-state index is -0.174. The maximum Gasteiger partial charge on any atom is 0.232 e. The van der Waals surface area contributed by atoms with Crippen LogP contribution in [0.4, 0.5) is 0 Å². The highest BCUT2D eigenvalue weighted by atomic mass is 16.5. The van der Waals surface area contributed by atoms with Crippen LogP contribution in [0.5, 0.6) is 28.7 Å². The third-order valence-corrected chi connectivity index (χ3v) is 5.26. The van der Waals surface area contributed by atoms with Crippen LogP contribution in [0.3, 0.4) is 0 Å². The van der Waals surface area contributed by atoms with Crippen LogP contribution >= 0.6 is 0 Å².